The minimum atomic E-state index is -5.06. The van der Waals surface area contributed by atoms with Gasteiger partial charge in [0.1, 0.15) is 0 Å². The number of fused-ring (bicyclic) bond motifs is 1. The molecule has 1 saturated heterocycles. The Hall–Kier alpha value is -3.17. The van der Waals surface area contributed by atoms with Crippen LogP contribution in [0.5, 0.6) is 11.5 Å². The zero-order valence-electron chi connectivity index (χ0n) is 19.2. The van der Waals surface area contributed by atoms with Crippen LogP contribution in [-0.2, 0) is 9.53 Å². The Morgan fingerprint density at radius 2 is 1.75 bits per heavy atom. The molecule has 1 aliphatic carbocycles. The average Bonchev–Trinajstić information content (AvgIpc) is 3.23. The summed E-state index contributed by atoms with van der Waals surface area (Å²) in [5.41, 5.74) is 2.74. The number of carbonyl (C=O) groups excluding carboxylic acids is 1. The molecule has 1 fully saturated rings. The van der Waals surface area contributed by atoms with Crippen LogP contribution in [0.1, 0.15) is 24.8 Å². The number of morpholine rings is 1. The molecular formula is C26H24ClF3N2O4. The number of ether oxygens (including phenoxy) is 3. The van der Waals surface area contributed by atoms with E-state index < -0.39 is 18.0 Å². The second-order valence-electron chi connectivity index (χ2n) is 8.72. The highest BCUT2D eigenvalue weighted by Crippen LogP contribution is 2.46. The Balaban J connectivity index is 1.53. The molecule has 6 nitrogen and oxygen atoms in total. The largest absolute Gasteiger partial charge is 0.492 e. The predicted molar refractivity (Wildman–Crippen MR) is 127 cm³/mol. The van der Waals surface area contributed by atoms with Gasteiger partial charge in [-0.05, 0) is 48.6 Å². The summed E-state index contributed by atoms with van der Waals surface area (Å²) in [4.78, 5) is 15.5. The monoisotopic (exact) mass is 520 g/mol. The first-order chi connectivity index (χ1) is 17.3. The fraction of sp³-hybridized carbons (Fsp3) is 0.346. The second-order valence-corrected chi connectivity index (χ2v) is 9.16. The molecule has 10 heteroatoms. The fourth-order valence-corrected chi connectivity index (χ4v) is 4.78. The first kappa shape index (κ1) is 24.5. The first-order valence-electron chi connectivity index (χ1n) is 11.6. The van der Waals surface area contributed by atoms with Gasteiger partial charge in [-0.15, -0.1) is 0 Å². The van der Waals surface area contributed by atoms with E-state index in [9.17, 15) is 18.0 Å². The maximum atomic E-state index is 14.3. The van der Waals surface area contributed by atoms with Crippen molar-refractivity contribution in [2.75, 3.05) is 26.3 Å². The number of allylic oxidation sites excluding steroid dienone is 1. The van der Waals surface area contributed by atoms with Crippen molar-refractivity contribution in [2.24, 2.45) is 0 Å². The molecule has 190 valence electrons. The summed E-state index contributed by atoms with van der Waals surface area (Å²) in [7, 11) is 0. The topological polar surface area (TPSA) is 60.0 Å². The van der Waals surface area contributed by atoms with Crippen LogP contribution in [-0.4, -0.2) is 49.2 Å². The van der Waals surface area contributed by atoms with Crippen LogP contribution < -0.4 is 14.8 Å². The van der Waals surface area contributed by atoms with E-state index in [0.29, 0.717) is 51.3 Å². The lowest BCUT2D eigenvalue weighted by Gasteiger charge is -2.37. The van der Waals surface area contributed by atoms with Gasteiger partial charge in [0.05, 0.1) is 13.2 Å². The number of nitrogens with one attached hydrogen (secondary N) is 1. The van der Waals surface area contributed by atoms with E-state index in [1.807, 2.05) is 46.6 Å². The quantitative estimate of drug-likeness (QED) is 0.593. The maximum absolute atomic E-state index is 14.3. The van der Waals surface area contributed by atoms with Crippen molar-refractivity contribution in [3.63, 3.8) is 0 Å². The number of halogens is 4. The molecule has 0 aromatic heterocycles. The molecule has 2 heterocycles. The molecule has 2 aromatic carbocycles. The molecule has 1 N–H and O–H groups in total. The zero-order chi connectivity index (χ0) is 25.3. The van der Waals surface area contributed by atoms with Crippen molar-refractivity contribution in [2.45, 2.75) is 31.3 Å². The van der Waals surface area contributed by atoms with Crippen LogP contribution in [0, 0.1) is 0 Å². The van der Waals surface area contributed by atoms with Gasteiger partial charge in [-0.2, -0.15) is 13.2 Å². The normalized spacial score (nSPS) is 23.2. The summed E-state index contributed by atoms with van der Waals surface area (Å²) in [6.45, 7) is 1.98. The third kappa shape index (κ3) is 4.77. The van der Waals surface area contributed by atoms with Gasteiger partial charge in [0.25, 0.3) is 5.91 Å². The molecule has 3 aliphatic rings. The Labute approximate surface area is 211 Å². The highest BCUT2D eigenvalue weighted by molar-refractivity contribution is 6.30. The molecule has 2 aliphatic heterocycles. The minimum Gasteiger partial charge on any atom is -0.424 e. The fourth-order valence-electron chi connectivity index (χ4n) is 4.62. The third-order valence-electron chi connectivity index (χ3n) is 6.27. The van der Waals surface area contributed by atoms with Gasteiger partial charge < -0.3 is 19.1 Å². The molecule has 1 atom stereocenters. The maximum Gasteiger partial charge on any atom is 0.492 e. The van der Waals surface area contributed by atoms with E-state index >= 15 is 0 Å². The molecule has 1 unspecified atom stereocenters. The van der Waals surface area contributed by atoms with Gasteiger partial charge in [-0.25, -0.2) is 0 Å². The summed E-state index contributed by atoms with van der Waals surface area (Å²) in [5, 5.41) is 2.21. The number of hydrogen-bond acceptors (Lipinski definition) is 5. The summed E-state index contributed by atoms with van der Waals surface area (Å²) in [6.07, 6.45) is -1.45. The SMILES string of the molecule is O=C(NC1(C(F)(F)F)Oc2ccc(Cl)cc2O1)C1=C(N2CCOCC2)/C(=C\c2ccccc2)CCC1. The number of hydrogen-bond donors (Lipinski definition) is 1. The summed E-state index contributed by atoms with van der Waals surface area (Å²) >= 11 is 5.91. The van der Waals surface area contributed by atoms with Crippen LogP contribution in [0.2, 0.25) is 5.02 Å². The lowest BCUT2D eigenvalue weighted by Crippen LogP contribution is -2.65. The van der Waals surface area contributed by atoms with Gasteiger partial charge in [0.2, 0.25) is 0 Å². The summed E-state index contributed by atoms with van der Waals surface area (Å²) < 4.78 is 58.6. The van der Waals surface area contributed by atoms with E-state index in [1.165, 1.54) is 18.2 Å². The zero-order valence-corrected chi connectivity index (χ0v) is 20.0. The predicted octanol–water partition coefficient (Wildman–Crippen LogP) is 5.30. The average molecular weight is 521 g/mol. The molecule has 1 amide bonds. The van der Waals surface area contributed by atoms with E-state index in [0.717, 1.165) is 11.1 Å². The van der Waals surface area contributed by atoms with Gasteiger partial charge >= 0.3 is 12.1 Å². The van der Waals surface area contributed by atoms with Gasteiger partial charge in [-0.1, -0.05) is 41.9 Å². The number of carbonyl (C=O) groups is 1. The number of rotatable bonds is 4. The molecular weight excluding hydrogens is 497 g/mol. The number of amides is 1. The Kier molecular flexibility index (Phi) is 6.61. The Morgan fingerprint density at radius 1 is 1.03 bits per heavy atom. The molecule has 36 heavy (non-hydrogen) atoms. The van der Waals surface area contributed by atoms with Crippen molar-refractivity contribution < 1.29 is 32.2 Å². The van der Waals surface area contributed by atoms with Crippen LogP contribution in [0.4, 0.5) is 13.2 Å². The first-order valence-corrected chi connectivity index (χ1v) is 12.0. The number of alkyl halides is 3. The second kappa shape index (κ2) is 9.71. The molecule has 0 radical (unpaired) electrons. The number of nitrogens with zero attached hydrogens (tertiary/aromatic N) is 1. The van der Waals surface area contributed by atoms with Crippen molar-refractivity contribution in [3.8, 4) is 11.5 Å². The van der Waals surface area contributed by atoms with Crippen molar-refractivity contribution in [3.05, 3.63) is 76.0 Å². The van der Waals surface area contributed by atoms with Crippen molar-refractivity contribution in [1.29, 1.82) is 0 Å². The highest BCUT2D eigenvalue weighted by Gasteiger charge is 2.66. The van der Waals surface area contributed by atoms with Crippen LogP contribution in [0.25, 0.3) is 6.08 Å². The van der Waals surface area contributed by atoms with Crippen molar-refractivity contribution in [1.82, 2.24) is 10.2 Å². The Morgan fingerprint density at radius 3 is 2.47 bits per heavy atom. The van der Waals surface area contributed by atoms with E-state index in [4.69, 9.17) is 25.8 Å². The van der Waals surface area contributed by atoms with E-state index in [1.54, 1.807) is 0 Å². The highest BCUT2D eigenvalue weighted by atomic mass is 35.5. The lowest BCUT2D eigenvalue weighted by atomic mass is 9.88. The van der Waals surface area contributed by atoms with Crippen molar-refractivity contribution >= 4 is 23.6 Å². The van der Waals surface area contributed by atoms with Crippen LogP contribution in [0.3, 0.4) is 0 Å². The van der Waals surface area contributed by atoms with Gasteiger partial charge in [0, 0.05) is 35.4 Å². The van der Waals surface area contributed by atoms with Gasteiger partial charge in [0.15, 0.2) is 11.5 Å². The van der Waals surface area contributed by atoms with E-state index in [2.05, 4.69) is 0 Å². The molecule has 0 saturated carbocycles. The third-order valence-corrected chi connectivity index (χ3v) is 6.50. The smallest absolute Gasteiger partial charge is 0.424 e. The molecule has 5 rings (SSSR count). The summed E-state index contributed by atoms with van der Waals surface area (Å²) in [6, 6.07) is 13.5. The minimum absolute atomic E-state index is 0.160. The van der Waals surface area contributed by atoms with Crippen LogP contribution in [0.15, 0.2) is 65.4 Å². The van der Waals surface area contributed by atoms with Crippen LogP contribution >= 0.6 is 11.6 Å². The molecule has 2 aromatic rings. The van der Waals surface area contributed by atoms with E-state index in [-0.39, 0.29) is 22.1 Å². The lowest BCUT2D eigenvalue weighted by molar-refractivity contribution is -0.319. The molecule has 0 bridgehead atoms. The summed E-state index contributed by atoms with van der Waals surface area (Å²) in [5.74, 6) is -4.61. The number of benzene rings is 2. The van der Waals surface area contributed by atoms with Gasteiger partial charge in [-0.3, -0.25) is 10.1 Å². The standard InChI is InChI=1S/C26H24ClF3N2O4/c27-19-9-10-21-22(16-19)36-26(35-21,25(28,29)30)31-24(33)20-8-4-7-18(15-17-5-2-1-3-6-17)23(20)32-11-13-34-14-12-32/h1-3,5-6,9-10,15-16H,4,7-8,11-14H2,(H,31,33)/b18-15-. The molecule has 0 spiro atoms. The Bertz CT molecular complexity index is 1210.